The molecule has 2 saturated heterocycles. The second-order valence-electron chi connectivity index (χ2n) is 12.0. The van der Waals surface area contributed by atoms with E-state index >= 15 is 0 Å². The van der Waals surface area contributed by atoms with Crippen LogP contribution in [0.15, 0.2) is 36.4 Å². The summed E-state index contributed by atoms with van der Waals surface area (Å²) < 4.78 is 32.7. The van der Waals surface area contributed by atoms with Crippen molar-refractivity contribution in [2.75, 3.05) is 14.2 Å². The van der Waals surface area contributed by atoms with Crippen LogP contribution in [0.2, 0.25) is 0 Å². The second-order valence-corrected chi connectivity index (χ2v) is 12.0. The maximum Gasteiger partial charge on any atom is 0.335 e. The summed E-state index contributed by atoms with van der Waals surface area (Å²) >= 11 is 0. The van der Waals surface area contributed by atoms with Crippen LogP contribution in [0.1, 0.15) is 32.4 Å². The number of ether oxygens (including phenoxy) is 6. The topological polar surface area (TPSA) is 251 Å². The SMILES string of the molecule is C.COc1ccc(C[C@@H](C)[C@@H](C)Cc2ccc(OC)c(O[C@@H]3O[C@H](C(=O)O)[C@@H](O)[C@H](O)[C@H]3O)c2)cc1OC1O[C@H](C(=O)O)[C@@H](O)[C@H](O)[C@H]1O. The van der Waals surface area contributed by atoms with Gasteiger partial charge in [-0.05, 0) is 60.1 Å². The smallest absolute Gasteiger partial charge is 0.335 e. The molecule has 0 aliphatic carbocycles. The fourth-order valence-corrected chi connectivity index (χ4v) is 5.58. The Balaban J connectivity index is 0.00000650. The average Bonchev–Trinajstić information content (AvgIpc) is 3.05. The van der Waals surface area contributed by atoms with Crippen molar-refractivity contribution in [1.29, 1.82) is 0 Å². The minimum Gasteiger partial charge on any atom is -0.493 e. The van der Waals surface area contributed by atoms with Crippen LogP contribution in [0.25, 0.3) is 0 Å². The Labute approximate surface area is 283 Å². The molecular weight excluding hydrogens is 652 g/mol. The molecule has 274 valence electrons. The van der Waals surface area contributed by atoms with Crippen LogP contribution in [-0.4, -0.2) is 128 Å². The van der Waals surface area contributed by atoms with E-state index in [1.165, 1.54) is 14.2 Å². The van der Waals surface area contributed by atoms with Crippen molar-refractivity contribution >= 4 is 11.9 Å². The number of hydrogen-bond acceptors (Lipinski definition) is 14. The van der Waals surface area contributed by atoms with E-state index in [2.05, 4.69) is 0 Å². The first-order chi connectivity index (χ1) is 22.7. The van der Waals surface area contributed by atoms with Gasteiger partial charge >= 0.3 is 11.9 Å². The third-order valence-electron chi connectivity index (χ3n) is 8.66. The highest BCUT2D eigenvalue weighted by Crippen LogP contribution is 2.36. The Morgan fingerprint density at radius 1 is 0.612 bits per heavy atom. The van der Waals surface area contributed by atoms with Crippen molar-refractivity contribution in [2.45, 2.75) is 95.5 Å². The highest BCUT2D eigenvalue weighted by Gasteiger charge is 2.49. The zero-order valence-electron chi connectivity index (χ0n) is 26.7. The summed E-state index contributed by atoms with van der Waals surface area (Å²) in [6.45, 7) is 4.06. The Bertz CT molecular complexity index is 1310. The molecule has 16 nitrogen and oxygen atoms in total. The largest absolute Gasteiger partial charge is 0.493 e. The molecule has 49 heavy (non-hydrogen) atoms. The number of carbonyl (C=O) groups is 2. The molecule has 0 amide bonds. The van der Waals surface area contributed by atoms with Crippen molar-refractivity contribution in [3.63, 3.8) is 0 Å². The van der Waals surface area contributed by atoms with Crippen molar-refractivity contribution < 1.29 is 78.9 Å². The summed E-state index contributed by atoms with van der Waals surface area (Å²) in [6, 6.07) is 10.2. The Hall–Kier alpha value is -3.74. The zero-order valence-corrected chi connectivity index (χ0v) is 26.7. The van der Waals surface area contributed by atoms with Crippen molar-refractivity contribution in [1.82, 2.24) is 0 Å². The van der Waals surface area contributed by atoms with E-state index in [9.17, 15) is 50.4 Å². The van der Waals surface area contributed by atoms with Gasteiger partial charge in [-0.2, -0.15) is 0 Å². The van der Waals surface area contributed by atoms with E-state index in [-0.39, 0.29) is 42.3 Å². The fourth-order valence-electron chi connectivity index (χ4n) is 5.58. The van der Waals surface area contributed by atoms with Gasteiger partial charge in [0.1, 0.15) is 36.6 Å². The number of aliphatic hydroxyl groups excluding tert-OH is 6. The van der Waals surface area contributed by atoms with Gasteiger partial charge < -0.3 is 69.3 Å². The highest BCUT2D eigenvalue weighted by atomic mass is 16.7. The molecule has 2 aliphatic rings. The van der Waals surface area contributed by atoms with Crippen molar-refractivity contribution in [3.8, 4) is 23.0 Å². The van der Waals surface area contributed by atoms with Crippen LogP contribution >= 0.6 is 0 Å². The predicted molar refractivity (Wildman–Crippen MR) is 168 cm³/mol. The molecule has 2 fully saturated rings. The van der Waals surface area contributed by atoms with Gasteiger partial charge in [0, 0.05) is 0 Å². The van der Waals surface area contributed by atoms with Gasteiger partial charge in [-0.1, -0.05) is 33.4 Å². The van der Waals surface area contributed by atoms with Gasteiger partial charge in [0.05, 0.1) is 14.2 Å². The lowest BCUT2D eigenvalue weighted by Gasteiger charge is -2.38. The highest BCUT2D eigenvalue weighted by molar-refractivity contribution is 5.74. The van der Waals surface area contributed by atoms with Gasteiger partial charge in [-0.15, -0.1) is 0 Å². The molecule has 2 heterocycles. The molecule has 0 aromatic heterocycles. The standard InChI is InChI=1S/C32H42O16.CH4/c1-13(9-15-5-7-17(43-3)19(11-15)45-31-25(37)21(33)23(35)27(47-31)29(39)40)14(2)10-16-6-8-18(44-4)20(12-16)46-32-26(38)22(34)24(36)28(48-32)30(41)42;/h5-8,11-14,21-28,31-38H,9-10H2,1-4H3,(H,39,40)(H,41,42);1H4/t13-,14+,21-,22-,23-,24-,25+,26+,27-,28-,31+,32?;/m0./s1. The van der Waals surface area contributed by atoms with E-state index in [1.807, 2.05) is 26.0 Å². The maximum absolute atomic E-state index is 11.5. The lowest BCUT2D eigenvalue weighted by atomic mass is 9.85. The van der Waals surface area contributed by atoms with Crippen LogP contribution in [0.4, 0.5) is 0 Å². The third-order valence-corrected chi connectivity index (χ3v) is 8.66. The quantitative estimate of drug-likeness (QED) is 0.136. The lowest BCUT2D eigenvalue weighted by molar-refractivity contribution is -0.271. The number of aliphatic hydroxyl groups is 6. The summed E-state index contributed by atoms with van der Waals surface area (Å²) in [4.78, 5) is 23.0. The monoisotopic (exact) mass is 698 g/mol. The molecule has 0 radical (unpaired) electrons. The third kappa shape index (κ3) is 8.90. The molecule has 12 atom stereocenters. The summed E-state index contributed by atoms with van der Waals surface area (Å²) in [6.07, 6.45) is -16.6. The minimum atomic E-state index is -1.86. The normalized spacial score (nSPS) is 31.1. The molecular formula is C33H46O16. The molecule has 4 rings (SSSR count). The summed E-state index contributed by atoms with van der Waals surface area (Å²) in [5.41, 5.74) is 1.61. The average molecular weight is 699 g/mol. The minimum absolute atomic E-state index is 0. The van der Waals surface area contributed by atoms with Crippen molar-refractivity contribution in [3.05, 3.63) is 47.5 Å². The van der Waals surface area contributed by atoms with E-state index < -0.39 is 73.4 Å². The molecule has 2 aliphatic heterocycles. The van der Waals surface area contributed by atoms with E-state index in [0.29, 0.717) is 12.8 Å². The van der Waals surface area contributed by atoms with Gasteiger partial charge in [-0.3, -0.25) is 0 Å². The van der Waals surface area contributed by atoms with Crippen LogP contribution < -0.4 is 18.9 Å². The molecule has 0 bridgehead atoms. The summed E-state index contributed by atoms with van der Waals surface area (Å²) in [5.74, 6) is -2.16. The molecule has 0 saturated carbocycles. The Morgan fingerprint density at radius 2 is 0.959 bits per heavy atom. The zero-order chi connectivity index (χ0) is 35.4. The van der Waals surface area contributed by atoms with Crippen LogP contribution in [0.3, 0.4) is 0 Å². The molecule has 2 aromatic rings. The predicted octanol–water partition coefficient (Wildman–Crippen LogP) is -0.0607. The number of benzene rings is 2. The van der Waals surface area contributed by atoms with Gasteiger partial charge in [0.15, 0.2) is 35.2 Å². The number of hydrogen-bond donors (Lipinski definition) is 8. The molecule has 2 aromatic carbocycles. The first kappa shape index (κ1) is 39.7. The lowest BCUT2D eigenvalue weighted by Crippen LogP contribution is -2.61. The fraction of sp³-hybridized carbons (Fsp3) is 0.576. The molecule has 0 spiro atoms. The van der Waals surface area contributed by atoms with Gasteiger partial charge in [-0.25, -0.2) is 9.59 Å². The Morgan fingerprint density at radius 3 is 1.27 bits per heavy atom. The van der Waals surface area contributed by atoms with E-state index in [1.54, 1.807) is 24.3 Å². The number of aliphatic carboxylic acids is 2. The number of carboxylic acid groups (broad SMARTS) is 2. The van der Waals surface area contributed by atoms with Gasteiger partial charge in [0.25, 0.3) is 0 Å². The summed E-state index contributed by atoms with van der Waals surface area (Å²) in [5, 5.41) is 79.8. The summed E-state index contributed by atoms with van der Waals surface area (Å²) in [7, 11) is 2.79. The van der Waals surface area contributed by atoms with Crippen LogP contribution in [-0.2, 0) is 31.9 Å². The van der Waals surface area contributed by atoms with Crippen LogP contribution in [0.5, 0.6) is 23.0 Å². The van der Waals surface area contributed by atoms with E-state index in [0.717, 1.165) is 11.1 Å². The number of carboxylic acids is 2. The number of methoxy groups -OCH3 is 2. The van der Waals surface area contributed by atoms with Crippen molar-refractivity contribution in [2.24, 2.45) is 11.8 Å². The first-order valence-electron chi connectivity index (χ1n) is 15.2. The maximum atomic E-state index is 11.5. The molecule has 1 unspecified atom stereocenters. The second kappa shape index (κ2) is 16.8. The Kier molecular flexibility index (Phi) is 13.6. The number of rotatable bonds is 13. The first-order valence-corrected chi connectivity index (χ1v) is 15.2. The van der Waals surface area contributed by atoms with Crippen LogP contribution in [0, 0.1) is 11.8 Å². The van der Waals surface area contributed by atoms with E-state index in [4.69, 9.17) is 28.4 Å². The molecule has 8 N–H and O–H groups in total. The molecule has 16 heteroatoms. The van der Waals surface area contributed by atoms with Gasteiger partial charge in [0.2, 0.25) is 12.6 Å².